The maximum Gasteiger partial charge on any atom is 0.131 e. The van der Waals surface area contributed by atoms with E-state index in [1.807, 2.05) is 13.0 Å². The molecule has 1 N–H and O–H groups in total. The molecule has 1 saturated heterocycles. The summed E-state index contributed by atoms with van der Waals surface area (Å²) >= 11 is 0. The highest BCUT2D eigenvalue weighted by atomic mass is 35.5. The molecular formula is C13H20ClFN2O. The molecule has 0 amide bonds. The van der Waals surface area contributed by atoms with Crippen LogP contribution in [-0.2, 0) is 0 Å². The summed E-state index contributed by atoms with van der Waals surface area (Å²) in [6, 6.07) is 5.05. The zero-order valence-electron chi connectivity index (χ0n) is 10.8. The van der Waals surface area contributed by atoms with Gasteiger partial charge < -0.3 is 10.1 Å². The minimum Gasteiger partial charge on any atom is -0.496 e. The monoisotopic (exact) mass is 274 g/mol. The first-order valence-corrected chi connectivity index (χ1v) is 6.01. The molecule has 1 aliphatic rings. The van der Waals surface area contributed by atoms with Gasteiger partial charge in [-0.3, -0.25) is 4.90 Å². The van der Waals surface area contributed by atoms with Crippen LogP contribution < -0.4 is 10.1 Å². The third-order valence-electron chi connectivity index (χ3n) is 3.35. The van der Waals surface area contributed by atoms with Crippen LogP contribution in [0.15, 0.2) is 18.2 Å². The van der Waals surface area contributed by atoms with E-state index in [2.05, 4.69) is 10.2 Å². The van der Waals surface area contributed by atoms with Crippen molar-refractivity contribution in [2.45, 2.75) is 13.0 Å². The van der Waals surface area contributed by atoms with Crippen molar-refractivity contribution in [3.8, 4) is 5.75 Å². The van der Waals surface area contributed by atoms with Gasteiger partial charge in [-0.1, -0.05) is 6.07 Å². The lowest BCUT2D eigenvalue weighted by molar-refractivity contribution is 0.179. The molecule has 1 atom stereocenters. The molecule has 1 fully saturated rings. The molecule has 0 bridgehead atoms. The lowest BCUT2D eigenvalue weighted by Crippen LogP contribution is -2.44. The van der Waals surface area contributed by atoms with Gasteiger partial charge in [0.15, 0.2) is 0 Å². The van der Waals surface area contributed by atoms with E-state index in [0.29, 0.717) is 11.3 Å². The molecule has 18 heavy (non-hydrogen) atoms. The predicted octanol–water partition coefficient (Wildman–Crippen LogP) is 2.22. The van der Waals surface area contributed by atoms with Crippen LogP contribution in [0.1, 0.15) is 18.5 Å². The molecule has 0 saturated carbocycles. The van der Waals surface area contributed by atoms with Gasteiger partial charge in [-0.2, -0.15) is 0 Å². The zero-order chi connectivity index (χ0) is 12.3. The van der Waals surface area contributed by atoms with Crippen LogP contribution in [-0.4, -0.2) is 38.2 Å². The summed E-state index contributed by atoms with van der Waals surface area (Å²) < 4.78 is 19.2. The van der Waals surface area contributed by atoms with E-state index in [0.717, 1.165) is 26.2 Å². The van der Waals surface area contributed by atoms with Crippen molar-refractivity contribution >= 4 is 12.4 Å². The number of piperazine rings is 1. The molecule has 1 aliphatic heterocycles. The van der Waals surface area contributed by atoms with E-state index >= 15 is 0 Å². The summed E-state index contributed by atoms with van der Waals surface area (Å²) in [5.41, 5.74) is 0.664. The van der Waals surface area contributed by atoms with E-state index in [1.54, 1.807) is 13.2 Å². The maximum atomic E-state index is 13.9. The van der Waals surface area contributed by atoms with Gasteiger partial charge in [0.1, 0.15) is 11.6 Å². The van der Waals surface area contributed by atoms with Gasteiger partial charge in [-0.15, -0.1) is 12.4 Å². The van der Waals surface area contributed by atoms with Crippen molar-refractivity contribution in [2.75, 3.05) is 33.3 Å². The molecule has 5 heteroatoms. The normalized spacial score (nSPS) is 17.9. The van der Waals surface area contributed by atoms with E-state index in [1.165, 1.54) is 6.07 Å². The number of rotatable bonds is 3. The van der Waals surface area contributed by atoms with Crippen LogP contribution in [0, 0.1) is 5.82 Å². The number of ether oxygens (including phenoxy) is 1. The van der Waals surface area contributed by atoms with E-state index < -0.39 is 0 Å². The Bertz CT molecular complexity index is 383. The predicted molar refractivity (Wildman–Crippen MR) is 73.1 cm³/mol. The molecule has 0 radical (unpaired) electrons. The van der Waals surface area contributed by atoms with Gasteiger partial charge in [0.25, 0.3) is 0 Å². The summed E-state index contributed by atoms with van der Waals surface area (Å²) in [7, 11) is 1.59. The minimum absolute atomic E-state index is 0. The van der Waals surface area contributed by atoms with Crippen molar-refractivity contribution in [1.82, 2.24) is 10.2 Å². The van der Waals surface area contributed by atoms with Crippen molar-refractivity contribution in [2.24, 2.45) is 0 Å². The number of methoxy groups -OCH3 is 1. The largest absolute Gasteiger partial charge is 0.496 e. The zero-order valence-corrected chi connectivity index (χ0v) is 11.6. The van der Waals surface area contributed by atoms with Crippen LogP contribution in [0.25, 0.3) is 0 Å². The Hall–Kier alpha value is -0.840. The van der Waals surface area contributed by atoms with Crippen molar-refractivity contribution in [1.29, 1.82) is 0 Å². The first-order chi connectivity index (χ1) is 8.24. The van der Waals surface area contributed by atoms with Crippen molar-refractivity contribution < 1.29 is 9.13 Å². The maximum absolute atomic E-state index is 13.9. The first kappa shape index (κ1) is 15.2. The second-order valence-electron chi connectivity index (χ2n) is 4.32. The molecule has 1 aromatic carbocycles. The number of hydrogen-bond donors (Lipinski definition) is 1. The fourth-order valence-electron chi connectivity index (χ4n) is 2.35. The smallest absolute Gasteiger partial charge is 0.131 e. The van der Waals surface area contributed by atoms with Gasteiger partial charge in [0, 0.05) is 37.8 Å². The summed E-state index contributed by atoms with van der Waals surface area (Å²) in [5, 5.41) is 3.30. The first-order valence-electron chi connectivity index (χ1n) is 6.01. The third kappa shape index (κ3) is 3.13. The Kier molecular flexibility index (Phi) is 5.85. The molecule has 102 valence electrons. The Morgan fingerprint density at radius 2 is 2.00 bits per heavy atom. The number of nitrogens with zero attached hydrogens (tertiary/aromatic N) is 1. The summed E-state index contributed by atoms with van der Waals surface area (Å²) in [6.07, 6.45) is 0. The number of hydrogen-bond acceptors (Lipinski definition) is 3. The summed E-state index contributed by atoms with van der Waals surface area (Å²) in [4.78, 5) is 2.28. The highest BCUT2D eigenvalue weighted by Gasteiger charge is 2.23. The fraction of sp³-hybridized carbons (Fsp3) is 0.538. The highest BCUT2D eigenvalue weighted by molar-refractivity contribution is 5.85. The van der Waals surface area contributed by atoms with Crippen LogP contribution in [0.2, 0.25) is 0 Å². The second kappa shape index (κ2) is 6.92. The number of nitrogens with one attached hydrogen (secondary N) is 1. The van der Waals surface area contributed by atoms with Crippen LogP contribution in [0.5, 0.6) is 5.75 Å². The Morgan fingerprint density at radius 1 is 1.33 bits per heavy atom. The third-order valence-corrected chi connectivity index (χ3v) is 3.35. The van der Waals surface area contributed by atoms with E-state index in [4.69, 9.17) is 4.74 Å². The van der Waals surface area contributed by atoms with Gasteiger partial charge >= 0.3 is 0 Å². The molecule has 0 aliphatic carbocycles. The van der Waals surface area contributed by atoms with Crippen LogP contribution in [0.3, 0.4) is 0 Å². The van der Waals surface area contributed by atoms with Gasteiger partial charge in [-0.05, 0) is 19.1 Å². The SMILES string of the molecule is COc1cccc(F)c1C(C)N1CCNCC1.Cl. The Balaban J connectivity index is 0.00000162. The molecule has 1 unspecified atom stereocenters. The van der Waals surface area contributed by atoms with Crippen molar-refractivity contribution in [3.05, 3.63) is 29.6 Å². The van der Waals surface area contributed by atoms with Gasteiger partial charge in [0.05, 0.1) is 7.11 Å². The quantitative estimate of drug-likeness (QED) is 0.915. The Labute approximate surface area is 114 Å². The van der Waals surface area contributed by atoms with E-state index in [-0.39, 0.29) is 24.3 Å². The van der Waals surface area contributed by atoms with Crippen molar-refractivity contribution in [3.63, 3.8) is 0 Å². The standard InChI is InChI=1S/C13H19FN2O.ClH/c1-10(16-8-6-15-7-9-16)13-11(14)4-3-5-12(13)17-2;/h3-5,10,15H,6-9H2,1-2H3;1H. The molecule has 2 rings (SSSR count). The number of halogens is 2. The van der Waals surface area contributed by atoms with Gasteiger partial charge in [0.2, 0.25) is 0 Å². The average molecular weight is 275 g/mol. The van der Waals surface area contributed by atoms with Gasteiger partial charge in [-0.25, -0.2) is 4.39 Å². The molecule has 1 aromatic rings. The van der Waals surface area contributed by atoms with Crippen LogP contribution >= 0.6 is 12.4 Å². The molecule has 0 aromatic heterocycles. The summed E-state index contributed by atoms with van der Waals surface area (Å²) in [6.45, 7) is 5.84. The van der Waals surface area contributed by atoms with E-state index in [9.17, 15) is 4.39 Å². The lowest BCUT2D eigenvalue weighted by Gasteiger charge is -2.33. The van der Waals surface area contributed by atoms with Crippen LogP contribution in [0.4, 0.5) is 4.39 Å². The minimum atomic E-state index is -0.185. The molecular weight excluding hydrogens is 255 g/mol. The molecule has 0 spiro atoms. The second-order valence-corrected chi connectivity index (χ2v) is 4.32. The molecule has 3 nitrogen and oxygen atoms in total. The molecule has 1 heterocycles. The Morgan fingerprint density at radius 3 is 2.61 bits per heavy atom. The average Bonchev–Trinajstić information content (AvgIpc) is 2.38. The topological polar surface area (TPSA) is 24.5 Å². The number of benzene rings is 1. The summed E-state index contributed by atoms with van der Waals surface area (Å²) in [5.74, 6) is 0.450. The fourth-order valence-corrected chi connectivity index (χ4v) is 2.35. The lowest BCUT2D eigenvalue weighted by atomic mass is 10.0. The highest BCUT2D eigenvalue weighted by Crippen LogP contribution is 2.31.